The van der Waals surface area contributed by atoms with Gasteiger partial charge in [0, 0.05) is 0 Å². The van der Waals surface area contributed by atoms with Crippen LogP contribution >= 0.6 is 0 Å². The van der Waals surface area contributed by atoms with Crippen molar-refractivity contribution < 1.29 is 9.90 Å². The summed E-state index contributed by atoms with van der Waals surface area (Å²) < 4.78 is 0. The number of phenols is 1. The molecule has 2 N–H and O–H groups in total. The first kappa shape index (κ1) is 11.6. The molecule has 1 atom stereocenters. The molecule has 2 aromatic rings. The number of para-hydroxylation sites is 1. The topological polar surface area (TPSA) is 52.6 Å². The molecule has 1 fully saturated rings. The highest BCUT2D eigenvalue weighted by Gasteiger charge is 2.31. The summed E-state index contributed by atoms with van der Waals surface area (Å²) in [5.74, 6) is 0.196. The SMILES string of the molecule is O=C1CC(c2cccc(O)c2)N(c2ccccc2)N1. The van der Waals surface area contributed by atoms with Gasteiger partial charge in [0.05, 0.1) is 18.2 Å². The molecule has 4 heteroatoms. The third-order valence-corrected chi connectivity index (χ3v) is 3.22. The van der Waals surface area contributed by atoms with Crippen molar-refractivity contribution in [2.24, 2.45) is 0 Å². The van der Waals surface area contributed by atoms with E-state index in [4.69, 9.17) is 0 Å². The average molecular weight is 254 g/mol. The molecule has 0 spiro atoms. The lowest BCUT2D eigenvalue weighted by Crippen LogP contribution is -2.34. The summed E-state index contributed by atoms with van der Waals surface area (Å²) in [6.07, 6.45) is 0.387. The van der Waals surface area contributed by atoms with Crippen LogP contribution in [0, 0.1) is 0 Å². The minimum Gasteiger partial charge on any atom is -0.508 e. The number of phenolic OH excluding ortho intramolecular Hbond substituents is 1. The van der Waals surface area contributed by atoms with Gasteiger partial charge in [-0.25, -0.2) is 0 Å². The number of carbonyl (C=O) groups is 1. The molecule has 19 heavy (non-hydrogen) atoms. The maximum absolute atomic E-state index is 11.7. The number of hydrazine groups is 1. The van der Waals surface area contributed by atoms with Crippen LogP contribution in [0.3, 0.4) is 0 Å². The summed E-state index contributed by atoms with van der Waals surface area (Å²) in [7, 11) is 0. The van der Waals surface area contributed by atoms with Gasteiger partial charge in [-0.2, -0.15) is 0 Å². The third-order valence-electron chi connectivity index (χ3n) is 3.22. The summed E-state index contributed by atoms with van der Waals surface area (Å²) >= 11 is 0. The quantitative estimate of drug-likeness (QED) is 0.865. The smallest absolute Gasteiger partial charge is 0.241 e. The van der Waals surface area contributed by atoms with Gasteiger partial charge < -0.3 is 5.11 Å². The molecule has 1 aliphatic heterocycles. The Hall–Kier alpha value is -2.49. The molecular weight excluding hydrogens is 240 g/mol. The van der Waals surface area contributed by atoms with E-state index < -0.39 is 0 Å². The van der Waals surface area contributed by atoms with Crippen LogP contribution in [0.5, 0.6) is 5.75 Å². The molecule has 0 radical (unpaired) electrons. The number of hydrogen-bond acceptors (Lipinski definition) is 3. The van der Waals surface area contributed by atoms with Gasteiger partial charge in [-0.3, -0.25) is 15.2 Å². The molecule has 1 amide bonds. The summed E-state index contributed by atoms with van der Waals surface area (Å²) in [6, 6.07) is 16.6. The minimum atomic E-state index is -0.0954. The average Bonchev–Trinajstić information content (AvgIpc) is 2.82. The fourth-order valence-corrected chi connectivity index (χ4v) is 2.36. The molecule has 0 aromatic heterocycles. The van der Waals surface area contributed by atoms with E-state index in [9.17, 15) is 9.90 Å². The Bertz CT molecular complexity index is 598. The maximum Gasteiger partial charge on any atom is 0.241 e. The Morgan fingerprint density at radius 3 is 2.63 bits per heavy atom. The molecule has 0 bridgehead atoms. The van der Waals surface area contributed by atoms with E-state index in [0.717, 1.165) is 11.3 Å². The largest absolute Gasteiger partial charge is 0.508 e. The van der Waals surface area contributed by atoms with Crippen LogP contribution in [-0.2, 0) is 4.79 Å². The lowest BCUT2D eigenvalue weighted by atomic mass is 10.0. The molecule has 2 aromatic carbocycles. The van der Waals surface area contributed by atoms with Crippen LogP contribution in [0.25, 0.3) is 0 Å². The van der Waals surface area contributed by atoms with Crippen LogP contribution in [0.15, 0.2) is 54.6 Å². The van der Waals surface area contributed by atoms with Crippen molar-refractivity contribution in [3.63, 3.8) is 0 Å². The maximum atomic E-state index is 11.7. The lowest BCUT2D eigenvalue weighted by Gasteiger charge is -2.25. The van der Waals surface area contributed by atoms with E-state index >= 15 is 0 Å². The van der Waals surface area contributed by atoms with E-state index in [0.29, 0.717) is 6.42 Å². The standard InChI is InChI=1S/C15H14N2O2/c18-13-8-4-5-11(9-13)14-10-15(19)16-17(14)12-6-2-1-3-7-12/h1-9,14,18H,10H2,(H,16,19). The Morgan fingerprint density at radius 2 is 1.89 bits per heavy atom. The predicted octanol–water partition coefficient (Wildman–Crippen LogP) is 2.37. The van der Waals surface area contributed by atoms with Gasteiger partial charge in [-0.1, -0.05) is 30.3 Å². The zero-order valence-electron chi connectivity index (χ0n) is 10.3. The molecule has 3 rings (SSSR count). The summed E-state index contributed by atoms with van der Waals surface area (Å²) in [6.45, 7) is 0. The normalized spacial score (nSPS) is 18.4. The van der Waals surface area contributed by atoms with Crippen molar-refractivity contribution in [3.8, 4) is 5.75 Å². The summed E-state index contributed by atoms with van der Waals surface area (Å²) in [5.41, 5.74) is 4.70. The zero-order valence-corrected chi connectivity index (χ0v) is 10.3. The third kappa shape index (κ3) is 2.25. The fraction of sp³-hybridized carbons (Fsp3) is 0.133. The van der Waals surface area contributed by atoms with E-state index in [1.54, 1.807) is 18.2 Å². The minimum absolute atomic E-state index is 0.0165. The van der Waals surface area contributed by atoms with Crippen molar-refractivity contribution in [3.05, 3.63) is 60.2 Å². The molecule has 1 heterocycles. The van der Waals surface area contributed by atoms with Crippen LogP contribution in [0.1, 0.15) is 18.0 Å². The van der Waals surface area contributed by atoms with Crippen LogP contribution in [0.2, 0.25) is 0 Å². The van der Waals surface area contributed by atoms with Crippen molar-refractivity contribution in [1.82, 2.24) is 5.43 Å². The van der Waals surface area contributed by atoms with Gasteiger partial charge in [-0.05, 0) is 29.8 Å². The monoisotopic (exact) mass is 254 g/mol. The van der Waals surface area contributed by atoms with Crippen molar-refractivity contribution in [2.45, 2.75) is 12.5 Å². The van der Waals surface area contributed by atoms with Gasteiger partial charge in [0.1, 0.15) is 5.75 Å². The summed E-state index contributed by atoms with van der Waals surface area (Å²) in [5, 5.41) is 11.4. The Labute approximate surface area is 111 Å². The highest BCUT2D eigenvalue weighted by Crippen LogP contribution is 2.33. The Balaban J connectivity index is 1.97. The number of carbonyl (C=O) groups excluding carboxylic acids is 1. The molecule has 1 aliphatic rings. The van der Waals surface area contributed by atoms with Crippen LogP contribution in [-0.4, -0.2) is 11.0 Å². The van der Waals surface area contributed by atoms with Crippen molar-refractivity contribution in [2.75, 3.05) is 5.01 Å². The second-order valence-corrected chi connectivity index (χ2v) is 4.56. The molecule has 0 saturated carbocycles. The van der Waals surface area contributed by atoms with Crippen molar-refractivity contribution >= 4 is 11.6 Å². The Morgan fingerprint density at radius 1 is 1.11 bits per heavy atom. The van der Waals surface area contributed by atoms with E-state index in [-0.39, 0.29) is 17.7 Å². The first-order valence-electron chi connectivity index (χ1n) is 6.17. The number of rotatable bonds is 2. The fourth-order valence-electron chi connectivity index (χ4n) is 2.36. The van der Waals surface area contributed by atoms with E-state index in [2.05, 4.69) is 5.43 Å². The first-order chi connectivity index (χ1) is 9.24. The molecule has 4 nitrogen and oxygen atoms in total. The zero-order chi connectivity index (χ0) is 13.2. The number of amides is 1. The number of anilines is 1. The molecule has 0 aliphatic carbocycles. The highest BCUT2D eigenvalue weighted by atomic mass is 16.3. The second-order valence-electron chi connectivity index (χ2n) is 4.56. The number of nitrogens with one attached hydrogen (secondary N) is 1. The molecule has 1 unspecified atom stereocenters. The van der Waals surface area contributed by atoms with E-state index in [1.807, 2.05) is 41.4 Å². The van der Waals surface area contributed by atoms with E-state index in [1.165, 1.54) is 0 Å². The van der Waals surface area contributed by atoms with Gasteiger partial charge in [0.2, 0.25) is 5.91 Å². The van der Waals surface area contributed by atoms with Gasteiger partial charge >= 0.3 is 0 Å². The first-order valence-corrected chi connectivity index (χ1v) is 6.17. The highest BCUT2D eigenvalue weighted by molar-refractivity contribution is 5.83. The number of benzene rings is 2. The van der Waals surface area contributed by atoms with Gasteiger partial charge in [0.25, 0.3) is 0 Å². The van der Waals surface area contributed by atoms with Crippen LogP contribution in [0.4, 0.5) is 5.69 Å². The second kappa shape index (κ2) is 4.65. The number of nitrogens with zero attached hydrogens (tertiary/aromatic N) is 1. The molecular formula is C15H14N2O2. The molecule has 96 valence electrons. The van der Waals surface area contributed by atoms with Gasteiger partial charge in [0.15, 0.2) is 0 Å². The lowest BCUT2D eigenvalue weighted by molar-refractivity contribution is -0.119. The molecule has 1 saturated heterocycles. The number of hydrogen-bond donors (Lipinski definition) is 2. The van der Waals surface area contributed by atoms with Crippen molar-refractivity contribution in [1.29, 1.82) is 0 Å². The van der Waals surface area contributed by atoms with Gasteiger partial charge in [-0.15, -0.1) is 0 Å². The predicted molar refractivity (Wildman–Crippen MR) is 72.5 cm³/mol. The van der Waals surface area contributed by atoms with Crippen LogP contribution < -0.4 is 10.4 Å². The Kier molecular flexibility index (Phi) is 2.83. The number of aromatic hydroxyl groups is 1. The summed E-state index contributed by atoms with van der Waals surface area (Å²) in [4.78, 5) is 11.7.